The number of imide groups is 1. The van der Waals surface area contributed by atoms with Crippen LogP contribution in [0.1, 0.15) is 30.6 Å². The highest BCUT2D eigenvalue weighted by molar-refractivity contribution is 6.08. The van der Waals surface area contributed by atoms with Gasteiger partial charge in [0, 0.05) is 22.2 Å². The number of allylic oxidation sites excluding steroid dienone is 2. The number of amides is 2. The van der Waals surface area contributed by atoms with E-state index in [1.54, 1.807) is 11.5 Å². The standard InChI is InChI=1S/C22H21N3O4/c1-11-16(15-5-3-4-6-17(15)24(11)12(2)22(28)29)10-23-25-20(26)18-13-7-8-14(9-13)19(18)21(25)27/h3-8,10,12-14,18-19H,9H2,1-2H3,(H,28,29)/t12-,13-,14-,18-,19+/m0/s1. The number of nitrogens with zero attached hydrogens (tertiary/aromatic N) is 3. The maximum atomic E-state index is 12.8. The fraction of sp³-hybridized carbons (Fsp3) is 0.364. The second-order valence-electron chi connectivity index (χ2n) is 8.13. The first-order chi connectivity index (χ1) is 13.9. The molecular formula is C22H21N3O4. The third-order valence-electron chi connectivity index (χ3n) is 6.70. The Labute approximate surface area is 167 Å². The van der Waals surface area contributed by atoms with Crippen LogP contribution in [0.3, 0.4) is 0 Å². The topological polar surface area (TPSA) is 92.0 Å². The lowest BCUT2D eigenvalue weighted by molar-refractivity contribution is -0.141. The molecule has 1 aromatic carbocycles. The maximum Gasteiger partial charge on any atom is 0.326 e. The number of para-hydroxylation sites is 1. The highest BCUT2D eigenvalue weighted by Gasteiger charge is 2.59. The fourth-order valence-corrected chi connectivity index (χ4v) is 5.31. The number of benzene rings is 1. The van der Waals surface area contributed by atoms with Crippen molar-refractivity contribution in [2.45, 2.75) is 26.3 Å². The zero-order valence-electron chi connectivity index (χ0n) is 16.1. The van der Waals surface area contributed by atoms with Gasteiger partial charge in [0.25, 0.3) is 11.8 Å². The molecule has 0 unspecified atom stereocenters. The molecule has 7 heteroatoms. The van der Waals surface area contributed by atoms with Crippen LogP contribution in [0.5, 0.6) is 0 Å². The molecule has 2 bridgehead atoms. The van der Waals surface area contributed by atoms with Crippen molar-refractivity contribution in [3.8, 4) is 0 Å². The third kappa shape index (κ3) is 2.36. The largest absolute Gasteiger partial charge is 0.480 e. The maximum absolute atomic E-state index is 12.8. The van der Waals surface area contributed by atoms with Crippen LogP contribution in [0, 0.1) is 30.6 Å². The first-order valence-electron chi connectivity index (χ1n) is 9.82. The zero-order chi connectivity index (χ0) is 20.4. The van der Waals surface area contributed by atoms with Gasteiger partial charge in [0.05, 0.1) is 18.1 Å². The van der Waals surface area contributed by atoms with Gasteiger partial charge >= 0.3 is 5.97 Å². The normalized spacial score (nSPS) is 28.8. The average molecular weight is 391 g/mol. The second-order valence-corrected chi connectivity index (χ2v) is 8.13. The minimum atomic E-state index is -0.932. The van der Waals surface area contributed by atoms with Crippen LogP contribution in [-0.4, -0.2) is 38.7 Å². The van der Waals surface area contributed by atoms with Gasteiger partial charge in [-0.3, -0.25) is 9.59 Å². The molecule has 2 amide bonds. The van der Waals surface area contributed by atoms with Crippen LogP contribution in [0.25, 0.3) is 10.9 Å². The predicted molar refractivity (Wildman–Crippen MR) is 106 cm³/mol. The van der Waals surface area contributed by atoms with Crippen LogP contribution < -0.4 is 0 Å². The Balaban J connectivity index is 1.54. The van der Waals surface area contributed by atoms with E-state index in [4.69, 9.17) is 0 Å². The Morgan fingerprint density at radius 1 is 1.17 bits per heavy atom. The van der Waals surface area contributed by atoms with Crippen molar-refractivity contribution in [2.75, 3.05) is 0 Å². The molecule has 2 aliphatic carbocycles. The van der Waals surface area contributed by atoms with Crippen molar-refractivity contribution in [2.24, 2.45) is 28.8 Å². The summed E-state index contributed by atoms with van der Waals surface area (Å²) in [5.74, 6) is -1.68. The number of hydrogen-bond acceptors (Lipinski definition) is 4. The number of aliphatic carboxylic acids is 1. The summed E-state index contributed by atoms with van der Waals surface area (Å²) in [6.45, 7) is 3.45. The van der Waals surface area contributed by atoms with Crippen LogP contribution in [-0.2, 0) is 14.4 Å². The van der Waals surface area contributed by atoms with Gasteiger partial charge in [0.15, 0.2) is 0 Å². The van der Waals surface area contributed by atoms with E-state index < -0.39 is 12.0 Å². The van der Waals surface area contributed by atoms with Crippen LogP contribution >= 0.6 is 0 Å². The lowest BCUT2D eigenvalue weighted by Gasteiger charge is -2.13. The second kappa shape index (κ2) is 6.14. The molecule has 1 saturated heterocycles. The lowest BCUT2D eigenvalue weighted by atomic mass is 9.85. The van der Waals surface area contributed by atoms with Crippen molar-refractivity contribution in [3.05, 3.63) is 47.7 Å². The predicted octanol–water partition coefficient (Wildman–Crippen LogP) is 2.74. The Morgan fingerprint density at radius 3 is 2.41 bits per heavy atom. The van der Waals surface area contributed by atoms with E-state index in [-0.39, 0.29) is 35.5 Å². The average Bonchev–Trinajstić information content (AvgIpc) is 3.43. The molecule has 2 fully saturated rings. The number of hydrogen-bond donors (Lipinski definition) is 1. The zero-order valence-corrected chi connectivity index (χ0v) is 16.1. The summed E-state index contributed by atoms with van der Waals surface area (Å²) in [4.78, 5) is 37.2. The van der Waals surface area contributed by atoms with E-state index >= 15 is 0 Å². The lowest BCUT2D eigenvalue weighted by Crippen LogP contribution is -2.28. The molecule has 2 heterocycles. The Morgan fingerprint density at radius 2 is 1.79 bits per heavy atom. The van der Waals surface area contributed by atoms with E-state index in [0.717, 1.165) is 28.0 Å². The molecule has 5 rings (SSSR count). The minimum absolute atomic E-state index is 0.140. The summed E-state index contributed by atoms with van der Waals surface area (Å²) in [6, 6.07) is 6.72. The summed E-state index contributed by atoms with van der Waals surface area (Å²) in [5.41, 5.74) is 2.22. The number of hydrazone groups is 1. The van der Waals surface area contributed by atoms with Crippen molar-refractivity contribution < 1.29 is 19.5 Å². The molecule has 0 radical (unpaired) electrons. The quantitative estimate of drug-likeness (QED) is 0.493. The van der Waals surface area contributed by atoms with E-state index in [1.165, 1.54) is 6.21 Å². The van der Waals surface area contributed by atoms with Crippen LogP contribution in [0.4, 0.5) is 0 Å². The van der Waals surface area contributed by atoms with Gasteiger partial charge in [-0.25, -0.2) is 4.79 Å². The fourth-order valence-electron chi connectivity index (χ4n) is 5.31. The Hall–Kier alpha value is -3.22. The number of fused-ring (bicyclic) bond motifs is 6. The number of rotatable bonds is 4. The number of carboxylic acid groups (broad SMARTS) is 1. The van der Waals surface area contributed by atoms with Crippen molar-refractivity contribution >= 4 is 34.9 Å². The van der Waals surface area contributed by atoms with Gasteiger partial charge in [0.1, 0.15) is 6.04 Å². The highest BCUT2D eigenvalue weighted by Crippen LogP contribution is 2.52. The Bertz CT molecular complexity index is 1100. The van der Waals surface area contributed by atoms with E-state index in [2.05, 4.69) is 17.3 Å². The van der Waals surface area contributed by atoms with Crippen molar-refractivity contribution in [3.63, 3.8) is 0 Å². The molecule has 1 aliphatic heterocycles. The number of aromatic nitrogens is 1. The smallest absolute Gasteiger partial charge is 0.326 e. The molecule has 148 valence electrons. The van der Waals surface area contributed by atoms with Gasteiger partial charge in [-0.2, -0.15) is 10.1 Å². The van der Waals surface area contributed by atoms with Gasteiger partial charge in [-0.05, 0) is 38.2 Å². The van der Waals surface area contributed by atoms with E-state index in [0.29, 0.717) is 5.56 Å². The molecule has 0 spiro atoms. The molecule has 1 aromatic heterocycles. The van der Waals surface area contributed by atoms with Crippen LogP contribution in [0.2, 0.25) is 0 Å². The molecule has 29 heavy (non-hydrogen) atoms. The summed E-state index contributed by atoms with van der Waals surface area (Å²) < 4.78 is 1.74. The van der Waals surface area contributed by atoms with Crippen LogP contribution in [0.15, 0.2) is 41.5 Å². The highest BCUT2D eigenvalue weighted by atomic mass is 16.4. The van der Waals surface area contributed by atoms with Gasteiger partial charge in [-0.1, -0.05) is 30.4 Å². The molecule has 7 nitrogen and oxygen atoms in total. The molecule has 1 N–H and O–H groups in total. The molecule has 5 atom stereocenters. The molecule has 3 aliphatic rings. The Kier molecular flexibility index (Phi) is 3.78. The van der Waals surface area contributed by atoms with Gasteiger partial charge < -0.3 is 9.67 Å². The minimum Gasteiger partial charge on any atom is -0.480 e. The number of carbonyl (C=O) groups excluding carboxylic acids is 2. The molecule has 2 aromatic rings. The first kappa shape index (κ1) is 17.8. The van der Waals surface area contributed by atoms with E-state index in [9.17, 15) is 19.5 Å². The van der Waals surface area contributed by atoms with Gasteiger partial charge in [0.2, 0.25) is 0 Å². The number of carbonyl (C=O) groups is 3. The summed E-state index contributed by atoms with van der Waals surface area (Å²) in [6.07, 6.45) is 6.50. The van der Waals surface area contributed by atoms with Crippen molar-refractivity contribution in [1.82, 2.24) is 9.58 Å². The van der Waals surface area contributed by atoms with E-state index in [1.807, 2.05) is 31.2 Å². The molecule has 1 saturated carbocycles. The summed E-state index contributed by atoms with van der Waals surface area (Å²) >= 11 is 0. The summed E-state index contributed by atoms with van der Waals surface area (Å²) in [5, 5.41) is 15.6. The molecular weight excluding hydrogens is 370 g/mol. The SMILES string of the molecule is Cc1c(C=NN2C(=O)[C@@H]3[C@H](C2=O)[C@H]2C=C[C@H]3C2)c2ccccc2n1[C@@H](C)C(=O)O. The summed E-state index contributed by atoms with van der Waals surface area (Å²) in [7, 11) is 0. The number of carboxylic acids is 1. The van der Waals surface area contributed by atoms with Gasteiger partial charge in [-0.15, -0.1) is 0 Å². The first-order valence-corrected chi connectivity index (χ1v) is 9.82. The third-order valence-corrected chi connectivity index (χ3v) is 6.70. The monoisotopic (exact) mass is 391 g/mol. The van der Waals surface area contributed by atoms with Crippen molar-refractivity contribution in [1.29, 1.82) is 0 Å².